The quantitative estimate of drug-likeness (QED) is 0.674. The fraction of sp³-hybridized carbons (Fsp3) is 0.423. The van der Waals surface area contributed by atoms with Crippen molar-refractivity contribution >= 4 is 23.7 Å². The van der Waals surface area contributed by atoms with E-state index in [0.717, 1.165) is 51.3 Å². The predicted octanol–water partition coefficient (Wildman–Crippen LogP) is 3.21. The van der Waals surface area contributed by atoms with Crippen LogP contribution in [-0.2, 0) is 9.59 Å². The highest BCUT2D eigenvalue weighted by atomic mass is 19.1. The van der Waals surface area contributed by atoms with Crippen LogP contribution in [0.15, 0.2) is 54.7 Å². The average Bonchev–Trinajstić information content (AvgIpc) is 3.56. The molecule has 1 spiro atoms. The van der Waals surface area contributed by atoms with E-state index in [9.17, 15) is 14.0 Å². The summed E-state index contributed by atoms with van der Waals surface area (Å²) in [4.78, 5) is 36.2. The molecule has 2 aromatic rings. The Morgan fingerprint density at radius 2 is 1.76 bits per heavy atom. The Balaban J connectivity index is 1.10. The van der Waals surface area contributed by atoms with Gasteiger partial charge in [0.05, 0.1) is 0 Å². The van der Waals surface area contributed by atoms with Crippen molar-refractivity contribution in [1.82, 2.24) is 14.8 Å². The molecule has 2 amide bonds. The third-order valence-corrected chi connectivity index (χ3v) is 7.39. The maximum absolute atomic E-state index is 13.3. The molecule has 3 aliphatic rings. The molecule has 0 bridgehead atoms. The summed E-state index contributed by atoms with van der Waals surface area (Å²) in [6.45, 7) is 4.42. The summed E-state index contributed by atoms with van der Waals surface area (Å²) in [7, 11) is 0. The van der Waals surface area contributed by atoms with Gasteiger partial charge < -0.3 is 14.7 Å². The predicted molar refractivity (Wildman–Crippen MR) is 125 cm³/mol. The van der Waals surface area contributed by atoms with Gasteiger partial charge in [0.15, 0.2) is 0 Å². The van der Waals surface area contributed by atoms with E-state index in [1.165, 1.54) is 18.2 Å². The van der Waals surface area contributed by atoms with Crippen molar-refractivity contribution in [2.45, 2.75) is 19.3 Å². The molecule has 7 heteroatoms. The molecule has 3 heterocycles. The van der Waals surface area contributed by atoms with E-state index in [0.29, 0.717) is 18.7 Å². The third-order valence-electron chi connectivity index (χ3n) is 7.39. The summed E-state index contributed by atoms with van der Waals surface area (Å²) in [5.41, 5.74) is 0.742. The molecule has 1 atom stereocenters. The lowest BCUT2D eigenvalue weighted by Gasteiger charge is -2.37. The van der Waals surface area contributed by atoms with Crippen molar-refractivity contribution in [3.05, 3.63) is 66.1 Å². The van der Waals surface area contributed by atoms with E-state index in [4.69, 9.17) is 0 Å². The summed E-state index contributed by atoms with van der Waals surface area (Å²) in [6.07, 6.45) is 7.66. The fourth-order valence-corrected chi connectivity index (χ4v) is 5.22. The SMILES string of the molecule is O=C(/C=C/c1cccc(F)c1)N1CCC2(CC1)C[C@@H]2C(=O)N1CCN(c2ccccn2)CC1. The summed E-state index contributed by atoms with van der Waals surface area (Å²) < 4.78 is 13.3. The summed E-state index contributed by atoms with van der Waals surface area (Å²) in [6, 6.07) is 12.1. The maximum atomic E-state index is 13.3. The van der Waals surface area contributed by atoms with Gasteiger partial charge >= 0.3 is 0 Å². The molecule has 3 fully saturated rings. The highest BCUT2D eigenvalue weighted by Crippen LogP contribution is 2.60. The van der Waals surface area contributed by atoms with Gasteiger partial charge in [0.1, 0.15) is 11.6 Å². The van der Waals surface area contributed by atoms with E-state index in [-0.39, 0.29) is 29.0 Å². The van der Waals surface area contributed by atoms with Crippen molar-refractivity contribution in [3.63, 3.8) is 0 Å². The van der Waals surface area contributed by atoms with Crippen LogP contribution in [0.5, 0.6) is 0 Å². The van der Waals surface area contributed by atoms with Crippen LogP contribution < -0.4 is 4.90 Å². The number of piperazine rings is 1. The van der Waals surface area contributed by atoms with Crippen molar-refractivity contribution in [2.75, 3.05) is 44.2 Å². The van der Waals surface area contributed by atoms with Gasteiger partial charge in [-0.25, -0.2) is 9.37 Å². The molecule has 6 nitrogen and oxygen atoms in total. The van der Waals surface area contributed by atoms with Gasteiger partial charge in [0.2, 0.25) is 11.8 Å². The van der Waals surface area contributed by atoms with Crippen LogP contribution in [0.4, 0.5) is 10.2 Å². The van der Waals surface area contributed by atoms with Gasteiger partial charge in [0, 0.05) is 57.5 Å². The summed E-state index contributed by atoms with van der Waals surface area (Å²) in [5.74, 6) is 0.979. The lowest BCUT2D eigenvalue weighted by atomic mass is 9.90. The zero-order chi connectivity index (χ0) is 22.8. The highest BCUT2D eigenvalue weighted by Gasteiger charge is 2.59. The van der Waals surface area contributed by atoms with Crippen molar-refractivity contribution in [2.24, 2.45) is 11.3 Å². The number of aromatic nitrogens is 1. The molecule has 0 unspecified atom stereocenters. The van der Waals surface area contributed by atoms with E-state index >= 15 is 0 Å². The summed E-state index contributed by atoms with van der Waals surface area (Å²) >= 11 is 0. The molecule has 5 rings (SSSR count). The molecule has 2 saturated heterocycles. The molecule has 1 saturated carbocycles. The lowest BCUT2D eigenvalue weighted by Crippen LogP contribution is -2.50. The molecule has 1 aromatic heterocycles. The molecular formula is C26H29FN4O2. The Morgan fingerprint density at radius 3 is 2.45 bits per heavy atom. The number of amides is 2. The minimum absolute atomic E-state index is 0.0525. The van der Waals surface area contributed by atoms with Crippen LogP contribution in [0.1, 0.15) is 24.8 Å². The molecule has 1 aromatic carbocycles. The first-order valence-corrected chi connectivity index (χ1v) is 11.7. The van der Waals surface area contributed by atoms with Crippen LogP contribution in [0.25, 0.3) is 6.08 Å². The number of anilines is 1. The van der Waals surface area contributed by atoms with Crippen molar-refractivity contribution in [3.8, 4) is 0 Å². The number of benzene rings is 1. The Kier molecular flexibility index (Phi) is 5.87. The average molecular weight is 449 g/mol. The second-order valence-electron chi connectivity index (χ2n) is 9.33. The van der Waals surface area contributed by atoms with Gasteiger partial charge in [-0.05, 0) is 60.6 Å². The van der Waals surface area contributed by atoms with Crippen molar-refractivity contribution < 1.29 is 14.0 Å². The molecule has 2 aliphatic heterocycles. The van der Waals surface area contributed by atoms with Crippen LogP contribution in [0.2, 0.25) is 0 Å². The Hall–Kier alpha value is -3.22. The number of likely N-dealkylation sites (tertiary alicyclic amines) is 1. The molecule has 172 valence electrons. The van der Waals surface area contributed by atoms with Crippen molar-refractivity contribution in [1.29, 1.82) is 0 Å². The van der Waals surface area contributed by atoms with Gasteiger partial charge in [0.25, 0.3) is 0 Å². The Morgan fingerprint density at radius 1 is 0.970 bits per heavy atom. The maximum Gasteiger partial charge on any atom is 0.246 e. The minimum atomic E-state index is -0.313. The number of nitrogens with zero attached hydrogens (tertiary/aromatic N) is 4. The van der Waals surface area contributed by atoms with E-state index < -0.39 is 0 Å². The third kappa shape index (κ3) is 4.63. The normalized spacial score (nSPS) is 22.1. The number of hydrogen-bond acceptors (Lipinski definition) is 4. The fourth-order valence-electron chi connectivity index (χ4n) is 5.22. The number of rotatable bonds is 4. The molecule has 1 aliphatic carbocycles. The number of piperidine rings is 1. The van der Waals surface area contributed by atoms with E-state index in [1.54, 1.807) is 24.4 Å². The number of hydrogen-bond donors (Lipinski definition) is 0. The highest BCUT2D eigenvalue weighted by molar-refractivity contribution is 5.92. The largest absolute Gasteiger partial charge is 0.353 e. The van der Waals surface area contributed by atoms with Crippen LogP contribution >= 0.6 is 0 Å². The number of carbonyl (C=O) groups excluding carboxylic acids is 2. The molecule has 0 radical (unpaired) electrons. The van der Waals surface area contributed by atoms with Gasteiger partial charge in [-0.2, -0.15) is 0 Å². The summed E-state index contributed by atoms with van der Waals surface area (Å²) in [5, 5.41) is 0. The second-order valence-corrected chi connectivity index (χ2v) is 9.33. The zero-order valence-electron chi connectivity index (χ0n) is 18.7. The van der Waals surface area contributed by atoms with E-state index in [1.807, 2.05) is 28.0 Å². The monoisotopic (exact) mass is 448 g/mol. The second kappa shape index (κ2) is 8.96. The van der Waals surface area contributed by atoms with Gasteiger partial charge in [-0.3, -0.25) is 9.59 Å². The Bertz CT molecular complexity index is 1040. The zero-order valence-corrected chi connectivity index (χ0v) is 18.7. The molecular weight excluding hydrogens is 419 g/mol. The first kappa shape index (κ1) is 21.6. The van der Waals surface area contributed by atoms with E-state index in [2.05, 4.69) is 9.88 Å². The van der Waals surface area contributed by atoms with Crippen LogP contribution in [-0.4, -0.2) is 65.9 Å². The molecule has 0 N–H and O–H groups in total. The first-order chi connectivity index (χ1) is 16.0. The van der Waals surface area contributed by atoms with Crippen LogP contribution in [0, 0.1) is 17.2 Å². The number of carbonyl (C=O) groups is 2. The van der Waals surface area contributed by atoms with Crippen LogP contribution in [0.3, 0.4) is 0 Å². The minimum Gasteiger partial charge on any atom is -0.353 e. The lowest BCUT2D eigenvalue weighted by molar-refractivity contribution is -0.134. The number of halogens is 1. The topological polar surface area (TPSA) is 56.8 Å². The smallest absolute Gasteiger partial charge is 0.246 e. The van der Waals surface area contributed by atoms with Gasteiger partial charge in [-0.1, -0.05) is 18.2 Å². The standard InChI is InChI=1S/C26H29FN4O2/c27-21-5-3-4-20(18-21)7-8-24(32)30-12-9-26(10-13-30)19-22(26)25(33)31-16-14-29(15-17-31)23-6-1-2-11-28-23/h1-8,11,18,22H,9-10,12-17,19H2/b8-7+/t22-/m1/s1. The first-order valence-electron chi connectivity index (χ1n) is 11.7. The Labute approximate surface area is 193 Å². The van der Waals surface area contributed by atoms with Gasteiger partial charge in [-0.15, -0.1) is 0 Å². The molecule has 33 heavy (non-hydrogen) atoms. The number of pyridine rings is 1.